The van der Waals surface area contributed by atoms with Crippen molar-refractivity contribution in [2.75, 3.05) is 0 Å². The molecule has 0 heterocycles. The molecule has 1 nitrogen and oxygen atoms in total. The summed E-state index contributed by atoms with van der Waals surface area (Å²) in [7, 11) is 0. The average Bonchev–Trinajstić information content (AvgIpc) is 2.33. The van der Waals surface area contributed by atoms with E-state index in [1.54, 1.807) is 26.0 Å². The van der Waals surface area contributed by atoms with Crippen LogP contribution in [0.3, 0.4) is 0 Å². The number of aryl methyl sites for hydroxylation is 4. The quantitative estimate of drug-likeness (QED) is 0.732. The van der Waals surface area contributed by atoms with E-state index in [4.69, 9.17) is 0 Å². The summed E-state index contributed by atoms with van der Waals surface area (Å²) in [5.41, 5.74) is 4.32. The van der Waals surface area contributed by atoms with Crippen molar-refractivity contribution >= 4 is 5.78 Å². The SMILES string of the molecule is Cc1cc(C)cc(C(=O)c2cc(C)c(F)c(C)c2)c1. The molecule has 0 amide bonds. The van der Waals surface area contributed by atoms with Gasteiger partial charge in [-0.05, 0) is 63.1 Å². The van der Waals surface area contributed by atoms with E-state index in [9.17, 15) is 9.18 Å². The number of carbonyl (C=O) groups excluding carboxylic acids is 1. The van der Waals surface area contributed by atoms with E-state index >= 15 is 0 Å². The smallest absolute Gasteiger partial charge is 0.193 e. The van der Waals surface area contributed by atoms with E-state index < -0.39 is 0 Å². The van der Waals surface area contributed by atoms with Crippen LogP contribution in [-0.2, 0) is 0 Å². The first kappa shape index (κ1) is 13.5. The molecule has 19 heavy (non-hydrogen) atoms. The van der Waals surface area contributed by atoms with Gasteiger partial charge in [-0.15, -0.1) is 0 Å². The van der Waals surface area contributed by atoms with Gasteiger partial charge in [0.15, 0.2) is 5.78 Å². The van der Waals surface area contributed by atoms with Gasteiger partial charge in [-0.25, -0.2) is 4.39 Å². The van der Waals surface area contributed by atoms with Gasteiger partial charge < -0.3 is 0 Å². The van der Waals surface area contributed by atoms with Crippen LogP contribution in [0, 0.1) is 33.5 Å². The van der Waals surface area contributed by atoms with E-state index in [1.165, 1.54) is 0 Å². The first-order chi connectivity index (χ1) is 8.88. The molecule has 0 aromatic heterocycles. The standard InChI is InChI=1S/C17H17FO/c1-10-5-11(2)7-14(6-10)17(19)15-8-12(3)16(18)13(4)9-15/h5-9H,1-4H3. The number of benzene rings is 2. The molecule has 2 aromatic carbocycles. The van der Waals surface area contributed by atoms with Gasteiger partial charge in [0, 0.05) is 11.1 Å². The maximum atomic E-state index is 13.6. The minimum Gasteiger partial charge on any atom is -0.289 e. The lowest BCUT2D eigenvalue weighted by Crippen LogP contribution is -2.04. The Kier molecular flexibility index (Phi) is 3.52. The summed E-state index contributed by atoms with van der Waals surface area (Å²) in [6.07, 6.45) is 0. The summed E-state index contributed by atoms with van der Waals surface area (Å²) in [6.45, 7) is 7.29. The summed E-state index contributed by atoms with van der Waals surface area (Å²) < 4.78 is 13.6. The Balaban J connectivity index is 2.50. The predicted molar refractivity (Wildman–Crippen MR) is 75.2 cm³/mol. The maximum Gasteiger partial charge on any atom is 0.193 e. The van der Waals surface area contributed by atoms with Crippen LogP contribution in [0.2, 0.25) is 0 Å². The molecule has 2 rings (SSSR count). The van der Waals surface area contributed by atoms with Crippen LogP contribution < -0.4 is 0 Å². The molecule has 0 unspecified atom stereocenters. The number of hydrogen-bond acceptors (Lipinski definition) is 1. The highest BCUT2D eigenvalue weighted by Crippen LogP contribution is 2.19. The zero-order valence-electron chi connectivity index (χ0n) is 11.7. The number of rotatable bonds is 2. The summed E-state index contributed by atoms with van der Waals surface area (Å²) in [6, 6.07) is 8.98. The van der Waals surface area contributed by atoms with Crippen LogP contribution in [0.15, 0.2) is 30.3 Å². The number of ketones is 1. The monoisotopic (exact) mass is 256 g/mol. The summed E-state index contributed by atoms with van der Waals surface area (Å²) in [5.74, 6) is -0.296. The molecule has 2 aromatic rings. The molecule has 0 atom stereocenters. The molecule has 0 saturated heterocycles. The van der Waals surface area contributed by atoms with Gasteiger partial charge in [0.05, 0.1) is 0 Å². The van der Waals surface area contributed by atoms with Crippen molar-refractivity contribution in [3.63, 3.8) is 0 Å². The molecular formula is C17H17FO. The Morgan fingerprint density at radius 1 is 0.789 bits per heavy atom. The topological polar surface area (TPSA) is 17.1 Å². The van der Waals surface area contributed by atoms with Crippen LogP contribution >= 0.6 is 0 Å². The molecule has 0 saturated carbocycles. The van der Waals surface area contributed by atoms with E-state index in [0.717, 1.165) is 11.1 Å². The fourth-order valence-electron chi connectivity index (χ4n) is 2.35. The largest absolute Gasteiger partial charge is 0.289 e. The molecule has 0 N–H and O–H groups in total. The molecule has 0 radical (unpaired) electrons. The van der Waals surface area contributed by atoms with Crippen LogP contribution in [-0.4, -0.2) is 5.78 Å². The highest BCUT2D eigenvalue weighted by Gasteiger charge is 2.13. The maximum absolute atomic E-state index is 13.6. The lowest BCUT2D eigenvalue weighted by atomic mass is 9.97. The highest BCUT2D eigenvalue weighted by molar-refractivity contribution is 6.09. The third-order valence-corrected chi connectivity index (χ3v) is 3.18. The molecule has 0 aliphatic carbocycles. The molecule has 0 aliphatic rings. The Morgan fingerprint density at radius 3 is 1.68 bits per heavy atom. The number of hydrogen-bond donors (Lipinski definition) is 0. The minimum absolute atomic E-state index is 0.0574. The normalized spacial score (nSPS) is 10.6. The van der Waals surface area contributed by atoms with Gasteiger partial charge in [0.25, 0.3) is 0 Å². The lowest BCUT2D eigenvalue weighted by Gasteiger charge is -2.08. The number of halogens is 1. The second kappa shape index (κ2) is 4.96. The summed E-state index contributed by atoms with van der Waals surface area (Å²) in [4.78, 5) is 12.4. The van der Waals surface area contributed by atoms with Gasteiger partial charge >= 0.3 is 0 Å². The molecule has 98 valence electrons. The zero-order chi connectivity index (χ0) is 14.2. The fraction of sp³-hybridized carbons (Fsp3) is 0.235. The van der Waals surface area contributed by atoms with Crippen molar-refractivity contribution in [3.8, 4) is 0 Å². The Morgan fingerprint density at radius 2 is 1.21 bits per heavy atom. The molecule has 0 fully saturated rings. The van der Waals surface area contributed by atoms with E-state index in [0.29, 0.717) is 22.3 Å². The van der Waals surface area contributed by atoms with Gasteiger partial charge in [0.1, 0.15) is 5.82 Å². The van der Waals surface area contributed by atoms with Crippen molar-refractivity contribution in [2.24, 2.45) is 0 Å². The van der Waals surface area contributed by atoms with Crippen molar-refractivity contribution in [1.29, 1.82) is 0 Å². The Hall–Kier alpha value is -1.96. The molecule has 2 heteroatoms. The first-order valence-electron chi connectivity index (χ1n) is 6.28. The van der Waals surface area contributed by atoms with Crippen molar-refractivity contribution in [2.45, 2.75) is 27.7 Å². The highest BCUT2D eigenvalue weighted by atomic mass is 19.1. The molecule has 0 aliphatic heterocycles. The van der Waals surface area contributed by atoms with Gasteiger partial charge in [-0.2, -0.15) is 0 Å². The van der Waals surface area contributed by atoms with Gasteiger partial charge in [-0.3, -0.25) is 4.79 Å². The second-order valence-corrected chi connectivity index (χ2v) is 5.13. The molecular weight excluding hydrogens is 239 g/mol. The summed E-state index contributed by atoms with van der Waals surface area (Å²) in [5, 5.41) is 0. The van der Waals surface area contributed by atoms with E-state index in [-0.39, 0.29) is 11.6 Å². The summed E-state index contributed by atoms with van der Waals surface area (Å²) >= 11 is 0. The third-order valence-electron chi connectivity index (χ3n) is 3.18. The molecule has 0 spiro atoms. The van der Waals surface area contributed by atoms with Crippen LogP contribution in [0.5, 0.6) is 0 Å². The zero-order valence-corrected chi connectivity index (χ0v) is 11.7. The molecule has 0 bridgehead atoms. The third kappa shape index (κ3) is 2.73. The fourth-order valence-corrected chi connectivity index (χ4v) is 2.35. The Bertz CT molecular complexity index is 613. The first-order valence-corrected chi connectivity index (χ1v) is 6.28. The van der Waals surface area contributed by atoms with Crippen molar-refractivity contribution < 1.29 is 9.18 Å². The lowest BCUT2D eigenvalue weighted by molar-refractivity contribution is 0.103. The van der Waals surface area contributed by atoms with Gasteiger partial charge in [0.2, 0.25) is 0 Å². The minimum atomic E-state index is -0.239. The van der Waals surface area contributed by atoms with Crippen LogP contribution in [0.25, 0.3) is 0 Å². The second-order valence-electron chi connectivity index (χ2n) is 5.13. The van der Waals surface area contributed by atoms with Crippen LogP contribution in [0.4, 0.5) is 4.39 Å². The van der Waals surface area contributed by atoms with Crippen molar-refractivity contribution in [1.82, 2.24) is 0 Å². The van der Waals surface area contributed by atoms with Crippen LogP contribution in [0.1, 0.15) is 38.2 Å². The predicted octanol–water partition coefficient (Wildman–Crippen LogP) is 4.29. The Labute approximate surface area is 113 Å². The average molecular weight is 256 g/mol. The van der Waals surface area contributed by atoms with E-state index in [1.807, 2.05) is 32.0 Å². The van der Waals surface area contributed by atoms with E-state index in [2.05, 4.69) is 0 Å². The van der Waals surface area contributed by atoms with Crippen molar-refractivity contribution in [3.05, 3.63) is 69.5 Å². The number of carbonyl (C=O) groups is 1. The van der Waals surface area contributed by atoms with Gasteiger partial charge in [-0.1, -0.05) is 17.2 Å².